The Hall–Kier alpha value is -2.33. The van der Waals surface area contributed by atoms with Crippen molar-refractivity contribution in [2.75, 3.05) is 26.7 Å². The Morgan fingerprint density at radius 2 is 1.67 bits per heavy atom. The van der Waals surface area contributed by atoms with Gasteiger partial charge in [0.1, 0.15) is 0 Å². The van der Waals surface area contributed by atoms with E-state index >= 15 is 0 Å². The van der Waals surface area contributed by atoms with Crippen LogP contribution in [0.15, 0.2) is 60.7 Å². The van der Waals surface area contributed by atoms with Crippen molar-refractivity contribution in [3.8, 4) is 0 Å². The molecule has 0 aromatic heterocycles. The highest BCUT2D eigenvalue weighted by Crippen LogP contribution is 2.48. The highest BCUT2D eigenvalue weighted by molar-refractivity contribution is 5.74. The number of carbonyl (C=O) groups excluding carboxylic acids is 1. The van der Waals surface area contributed by atoms with Crippen LogP contribution in [0, 0.1) is 5.92 Å². The van der Waals surface area contributed by atoms with Crippen LogP contribution >= 0.6 is 0 Å². The molecular formula is C23H29N3O. The van der Waals surface area contributed by atoms with Crippen LogP contribution in [0.3, 0.4) is 0 Å². The van der Waals surface area contributed by atoms with E-state index in [9.17, 15) is 4.79 Å². The fraction of sp³-hybridized carbons (Fsp3) is 0.435. The molecule has 1 aliphatic heterocycles. The number of hydrogen-bond acceptors (Lipinski definition) is 2. The lowest BCUT2D eigenvalue weighted by molar-refractivity contribution is 0.132. The first-order valence-corrected chi connectivity index (χ1v) is 10.0. The molecule has 2 aliphatic rings. The summed E-state index contributed by atoms with van der Waals surface area (Å²) in [6, 6.07) is 21.2. The van der Waals surface area contributed by atoms with Crippen molar-refractivity contribution in [1.82, 2.24) is 15.5 Å². The first-order chi connectivity index (χ1) is 13.2. The van der Waals surface area contributed by atoms with Gasteiger partial charge in [0.25, 0.3) is 0 Å². The third kappa shape index (κ3) is 4.01. The summed E-state index contributed by atoms with van der Waals surface area (Å²) in [7, 11) is 1.68. The highest BCUT2D eigenvalue weighted by Gasteiger charge is 2.42. The predicted octanol–water partition coefficient (Wildman–Crippen LogP) is 3.71. The van der Waals surface area contributed by atoms with Gasteiger partial charge in [0.05, 0.1) is 5.54 Å². The molecule has 2 atom stereocenters. The van der Waals surface area contributed by atoms with E-state index in [-0.39, 0.29) is 11.6 Å². The van der Waals surface area contributed by atoms with E-state index in [2.05, 4.69) is 70.1 Å². The molecule has 1 heterocycles. The first kappa shape index (κ1) is 18.1. The monoisotopic (exact) mass is 363 g/mol. The molecule has 0 bridgehead atoms. The molecule has 0 spiro atoms. The van der Waals surface area contributed by atoms with Gasteiger partial charge in [-0.1, -0.05) is 60.7 Å². The lowest BCUT2D eigenvalue weighted by atomic mass is 9.81. The molecule has 2 N–H and O–H groups in total. The molecule has 27 heavy (non-hydrogen) atoms. The van der Waals surface area contributed by atoms with Crippen molar-refractivity contribution in [2.24, 2.45) is 5.92 Å². The quantitative estimate of drug-likeness (QED) is 0.850. The van der Waals surface area contributed by atoms with Gasteiger partial charge in [-0.2, -0.15) is 0 Å². The minimum absolute atomic E-state index is 0.0985. The largest absolute Gasteiger partial charge is 0.341 e. The Morgan fingerprint density at radius 1 is 1.04 bits per heavy atom. The molecular weight excluding hydrogens is 334 g/mol. The molecule has 2 fully saturated rings. The molecule has 4 nitrogen and oxygen atoms in total. The van der Waals surface area contributed by atoms with E-state index in [4.69, 9.17) is 0 Å². The number of nitrogens with zero attached hydrogens (tertiary/aromatic N) is 1. The Labute approximate surface area is 162 Å². The molecule has 4 rings (SSSR count). The number of nitrogens with one attached hydrogen (secondary N) is 2. The molecule has 1 aliphatic carbocycles. The van der Waals surface area contributed by atoms with Gasteiger partial charge >= 0.3 is 6.03 Å². The van der Waals surface area contributed by atoms with Crippen molar-refractivity contribution in [1.29, 1.82) is 0 Å². The lowest BCUT2D eigenvalue weighted by Crippen LogP contribution is -2.55. The number of amides is 2. The second-order valence-electron chi connectivity index (χ2n) is 7.97. The molecule has 4 heteroatoms. The minimum Gasteiger partial charge on any atom is -0.341 e. The van der Waals surface area contributed by atoms with Crippen LogP contribution in [-0.4, -0.2) is 37.6 Å². The zero-order valence-corrected chi connectivity index (χ0v) is 16.0. The van der Waals surface area contributed by atoms with Gasteiger partial charge in [0.15, 0.2) is 0 Å². The second kappa shape index (κ2) is 7.73. The normalized spacial score (nSPS) is 24.2. The maximum absolute atomic E-state index is 12.1. The summed E-state index contributed by atoms with van der Waals surface area (Å²) < 4.78 is 0. The Balaban J connectivity index is 1.38. The maximum Gasteiger partial charge on any atom is 0.315 e. The second-order valence-corrected chi connectivity index (χ2v) is 7.97. The summed E-state index contributed by atoms with van der Waals surface area (Å²) in [5, 5.41) is 5.97. The standard InChI is InChI=1S/C23H29N3O/c1-24-22(27)25-23(20-10-6-3-7-11-20)12-14-26(15-13-23)17-19-16-21(19)18-8-4-2-5-9-18/h2-11,19,21H,12-17H2,1H3,(H2,24,25,27)/t19-,21+/m0/s1. The number of likely N-dealkylation sites (tertiary alicyclic amines) is 1. The summed E-state index contributed by atoms with van der Waals surface area (Å²) in [4.78, 5) is 14.7. The zero-order valence-electron chi connectivity index (χ0n) is 16.0. The van der Waals surface area contributed by atoms with Gasteiger partial charge < -0.3 is 15.5 Å². The van der Waals surface area contributed by atoms with Crippen molar-refractivity contribution >= 4 is 6.03 Å². The van der Waals surface area contributed by atoms with Gasteiger partial charge in [-0.15, -0.1) is 0 Å². The van der Waals surface area contributed by atoms with Crippen LogP contribution < -0.4 is 10.6 Å². The van der Waals surface area contributed by atoms with Crippen LogP contribution in [0.25, 0.3) is 0 Å². The van der Waals surface area contributed by atoms with Crippen molar-refractivity contribution in [3.05, 3.63) is 71.8 Å². The van der Waals surface area contributed by atoms with Gasteiger partial charge in [-0.05, 0) is 42.2 Å². The van der Waals surface area contributed by atoms with Crippen LogP contribution in [0.1, 0.15) is 36.3 Å². The molecule has 1 saturated heterocycles. The van der Waals surface area contributed by atoms with Gasteiger partial charge in [-0.25, -0.2) is 4.79 Å². The van der Waals surface area contributed by atoms with Crippen molar-refractivity contribution in [3.63, 3.8) is 0 Å². The van der Waals surface area contributed by atoms with E-state index in [0.29, 0.717) is 0 Å². The van der Waals surface area contributed by atoms with Gasteiger partial charge in [-0.3, -0.25) is 0 Å². The summed E-state index contributed by atoms with van der Waals surface area (Å²) in [5.74, 6) is 1.51. The molecule has 2 aromatic carbocycles. The highest BCUT2D eigenvalue weighted by atomic mass is 16.2. The molecule has 0 unspecified atom stereocenters. The third-order valence-electron chi connectivity index (χ3n) is 6.26. The number of rotatable bonds is 5. The SMILES string of the molecule is CNC(=O)NC1(c2ccccc2)CCN(C[C@@H]2C[C@@H]2c2ccccc2)CC1. The number of carbonyl (C=O) groups is 1. The number of urea groups is 1. The summed E-state index contributed by atoms with van der Waals surface area (Å²) in [6.45, 7) is 3.22. The number of piperidine rings is 1. The Bertz CT molecular complexity index is 754. The molecule has 2 amide bonds. The summed E-state index contributed by atoms with van der Waals surface area (Å²) in [5.41, 5.74) is 2.43. The van der Waals surface area contributed by atoms with E-state index in [1.165, 1.54) is 24.1 Å². The van der Waals surface area contributed by atoms with Crippen molar-refractivity contribution in [2.45, 2.75) is 30.7 Å². The van der Waals surface area contributed by atoms with E-state index < -0.39 is 0 Å². The molecule has 142 valence electrons. The van der Waals surface area contributed by atoms with E-state index in [0.717, 1.165) is 37.8 Å². The summed E-state index contributed by atoms with van der Waals surface area (Å²) >= 11 is 0. The van der Waals surface area contributed by atoms with Crippen LogP contribution in [0.5, 0.6) is 0 Å². The zero-order chi connectivity index (χ0) is 18.7. The van der Waals surface area contributed by atoms with Gasteiger partial charge in [0, 0.05) is 26.7 Å². The first-order valence-electron chi connectivity index (χ1n) is 10.0. The van der Waals surface area contributed by atoms with E-state index in [1.807, 2.05) is 6.07 Å². The molecule has 1 saturated carbocycles. The topological polar surface area (TPSA) is 44.4 Å². The minimum atomic E-state index is -0.264. The van der Waals surface area contributed by atoms with E-state index in [1.54, 1.807) is 7.05 Å². The smallest absolute Gasteiger partial charge is 0.315 e. The van der Waals surface area contributed by atoms with Crippen molar-refractivity contribution < 1.29 is 4.79 Å². The van der Waals surface area contributed by atoms with Crippen LogP contribution in [0.4, 0.5) is 4.79 Å². The van der Waals surface area contributed by atoms with Gasteiger partial charge in [0.2, 0.25) is 0 Å². The number of hydrogen-bond donors (Lipinski definition) is 2. The third-order valence-corrected chi connectivity index (χ3v) is 6.26. The molecule has 2 aromatic rings. The summed E-state index contributed by atoms with van der Waals surface area (Å²) in [6.07, 6.45) is 3.21. The average molecular weight is 364 g/mol. The van der Waals surface area contributed by atoms with Crippen LogP contribution in [-0.2, 0) is 5.54 Å². The Kier molecular flexibility index (Phi) is 5.17. The van der Waals surface area contributed by atoms with Crippen LogP contribution in [0.2, 0.25) is 0 Å². The fourth-order valence-corrected chi connectivity index (χ4v) is 4.53. The maximum atomic E-state index is 12.1. The fourth-order valence-electron chi connectivity index (χ4n) is 4.53. The molecule has 0 radical (unpaired) electrons. The average Bonchev–Trinajstić information content (AvgIpc) is 3.50. The predicted molar refractivity (Wildman–Crippen MR) is 109 cm³/mol. The Morgan fingerprint density at radius 3 is 2.30 bits per heavy atom. The number of benzene rings is 2. The lowest BCUT2D eigenvalue weighted by Gasteiger charge is -2.43.